The average Bonchev–Trinajstić information content (AvgIpc) is 3.60. The van der Waals surface area contributed by atoms with Crippen LogP contribution in [0.2, 0.25) is 0 Å². The molecule has 6 rings (SSSR count). The Bertz CT molecular complexity index is 1250. The van der Waals surface area contributed by atoms with E-state index >= 15 is 0 Å². The van der Waals surface area contributed by atoms with Crippen LogP contribution < -0.4 is 10.6 Å². The molecule has 0 saturated heterocycles. The van der Waals surface area contributed by atoms with Gasteiger partial charge in [-0.25, -0.2) is 0 Å². The molecule has 0 aromatic heterocycles. The van der Waals surface area contributed by atoms with Crippen molar-refractivity contribution in [1.82, 2.24) is 0 Å². The van der Waals surface area contributed by atoms with Gasteiger partial charge in [0.2, 0.25) is 0 Å². The van der Waals surface area contributed by atoms with Gasteiger partial charge in [0.05, 0.1) is 0 Å². The zero-order valence-corrected chi connectivity index (χ0v) is 24.9. The van der Waals surface area contributed by atoms with Crippen molar-refractivity contribution in [2.24, 2.45) is 0 Å². The van der Waals surface area contributed by atoms with Crippen LogP contribution in [0, 0.1) is 0 Å². The van der Waals surface area contributed by atoms with Gasteiger partial charge >= 0.3 is 128 Å². The minimum absolute atomic E-state index is 0.620. The molecule has 38 heavy (non-hydrogen) atoms. The first-order chi connectivity index (χ1) is 18.7. The summed E-state index contributed by atoms with van der Waals surface area (Å²) < 4.78 is 5.93. The summed E-state index contributed by atoms with van der Waals surface area (Å²) in [5.74, 6) is 0. The molecular weight excluding hydrogens is 540 g/mol. The van der Waals surface area contributed by atoms with Gasteiger partial charge in [0.1, 0.15) is 0 Å². The van der Waals surface area contributed by atoms with Crippen molar-refractivity contribution in [3.8, 4) is 0 Å². The molecule has 0 saturated carbocycles. The predicted octanol–water partition coefficient (Wildman–Crippen LogP) is 8.81. The fourth-order valence-electron chi connectivity index (χ4n) is 4.86. The summed E-state index contributed by atoms with van der Waals surface area (Å²) in [7, 11) is 0. The summed E-state index contributed by atoms with van der Waals surface area (Å²) in [6.45, 7) is 6.16. The van der Waals surface area contributed by atoms with Crippen LogP contribution in [0.25, 0.3) is 12.2 Å². The van der Waals surface area contributed by atoms with Crippen LogP contribution in [-0.4, -0.2) is 17.3 Å². The fourth-order valence-corrected chi connectivity index (χ4v) is 10.8. The second-order valence-corrected chi connectivity index (χ2v) is 15.2. The molecule has 0 bridgehead atoms. The molecule has 2 aliphatic rings. The summed E-state index contributed by atoms with van der Waals surface area (Å²) in [6.07, 6.45) is 9.38. The molecule has 4 aromatic rings. The van der Waals surface area contributed by atoms with E-state index in [-0.39, 0.29) is 0 Å². The predicted molar refractivity (Wildman–Crippen MR) is 165 cm³/mol. The molecule has 3 heteroatoms. The normalized spacial score (nSPS) is 15.7. The van der Waals surface area contributed by atoms with Gasteiger partial charge in [-0.1, -0.05) is 36.4 Å². The molecule has 192 valence electrons. The summed E-state index contributed by atoms with van der Waals surface area (Å²) in [6, 6.07) is 38.0. The zero-order valence-electron chi connectivity index (χ0n) is 22.5. The van der Waals surface area contributed by atoms with Gasteiger partial charge in [-0.2, -0.15) is 0 Å². The van der Waals surface area contributed by atoms with Crippen LogP contribution in [-0.2, 0) is 21.3 Å². The van der Waals surface area contributed by atoms with Crippen LogP contribution in [0.1, 0.15) is 43.4 Å². The monoisotopic (exact) mass is 576 g/mol. The van der Waals surface area contributed by atoms with Crippen molar-refractivity contribution >= 4 is 27.7 Å². The molecule has 0 amide bonds. The number of fused-ring (bicyclic) bond motifs is 2. The number of hydrogen-bond donors (Lipinski definition) is 2. The van der Waals surface area contributed by atoms with Gasteiger partial charge in [-0.3, -0.25) is 0 Å². The van der Waals surface area contributed by atoms with Crippen molar-refractivity contribution in [3.63, 3.8) is 0 Å². The quantitative estimate of drug-likeness (QED) is 0.239. The molecule has 2 aliphatic carbocycles. The standard InChI is InChI=1S/2C9H7.2C8H11N.CH2.Zr/c2*1-2-5-9-7-3-6-8(9)4-1;2*1-2-9-8-6-4-3-5-7-8;;/h2*1-7H;2*3-7,9H,2H2,1H3;1H2;. The Labute approximate surface area is 236 Å². The third-order valence-electron chi connectivity index (χ3n) is 6.71. The second kappa shape index (κ2) is 14.6. The maximum absolute atomic E-state index is 4.69. The van der Waals surface area contributed by atoms with Gasteiger partial charge in [0, 0.05) is 24.5 Å². The van der Waals surface area contributed by atoms with E-state index < -0.39 is 21.3 Å². The summed E-state index contributed by atoms with van der Waals surface area (Å²) in [5.41, 5.74) is 8.20. The van der Waals surface area contributed by atoms with E-state index in [9.17, 15) is 0 Å². The van der Waals surface area contributed by atoms with Crippen molar-refractivity contribution in [2.45, 2.75) is 21.1 Å². The number of benzene rings is 4. The van der Waals surface area contributed by atoms with E-state index in [1.165, 1.54) is 33.6 Å². The van der Waals surface area contributed by atoms with Crippen LogP contribution in [0.15, 0.2) is 121 Å². The van der Waals surface area contributed by atoms with E-state index in [4.69, 9.17) is 4.21 Å². The molecule has 0 fully saturated rings. The van der Waals surface area contributed by atoms with Gasteiger partial charge in [-0.05, 0) is 38.1 Å². The number of hydrogen-bond acceptors (Lipinski definition) is 2. The molecule has 2 N–H and O–H groups in total. The molecule has 2 atom stereocenters. The van der Waals surface area contributed by atoms with Crippen LogP contribution in [0.3, 0.4) is 0 Å². The Balaban J connectivity index is 0.000000156. The Kier molecular flexibility index (Phi) is 10.7. The molecule has 2 nitrogen and oxygen atoms in total. The fraction of sp³-hybridized carbons (Fsp3) is 0.171. The van der Waals surface area contributed by atoms with Crippen molar-refractivity contribution < 1.29 is 21.3 Å². The minimum atomic E-state index is -1.85. The van der Waals surface area contributed by atoms with E-state index in [1.807, 2.05) is 36.4 Å². The van der Waals surface area contributed by atoms with E-state index in [1.54, 1.807) is 0 Å². The van der Waals surface area contributed by atoms with Crippen molar-refractivity contribution in [3.05, 3.63) is 144 Å². The average molecular weight is 578 g/mol. The molecule has 0 aliphatic heterocycles. The Morgan fingerprint density at radius 2 is 0.921 bits per heavy atom. The van der Waals surface area contributed by atoms with Gasteiger partial charge in [-0.15, -0.1) is 0 Å². The SMILES string of the molecule is CCNc1ccccc1.CCNc1ccccc1.[CH2]=[Zr]([CH]1C=Cc2ccccc21)[CH]1C=Cc2ccccc21. The third kappa shape index (κ3) is 7.39. The Hall–Kier alpha value is -3.29. The maximum atomic E-state index is 4.69. The number of anilines is 2. The van der Waals surface area contributed by atoms with Gasteiger partial charge in [0.15, 0.2) is 0 Å². The first-order valence-corrected chi connectivity index (χ1v) is 18.1. The number of para-hydroxylation sites is 2. The summed E-state index contributed by atoms with van der Waals surface area (Å²) in [5, 5.41) is 6.42. The van der Waals surface area contributed by atoms with Gasteiger partial charge < -0.3 is 10.6 Å². The molecule has 0 radical (unpaired) electrons. The number of nitrogens with one attached hydrogen (secondary N) is 2. The zero-order chi connectivity index (χ0) is 26.6. The topological polar surface area (TPSA) is 24.1 Å². The molecular formula is C35H38N2Zr. The number of allylic oxidation sites excluding steroid dienone is 2. The van der Waals surface area contributed by atoms with Crippen LogP contribution >= 0.6 is 0 Å². The summed E-state index contributed by atoms with van der Waals surface area (Å²) in [4.78, 5) is 0. The first-order valence-electron chi connectivity index (χ1n) is 13.5. The first kappa shape index (κ1) is 27.7. The molecule has 0 spiro atoms. The third-order valence-corrected chi connectivity index (χ3v) is 13.1. The Morgan fingerprint density at radius 3 is 1.32 bits per heavy atom. The second-order valence-electron chi connectivity index (χ2n) is 9.30. The molecule has 2 unspecified atom stereocenters. The number of rotatable bonds is 6. The van der Waals surface area contributed by atoms with Crippen molar-refractivity contribution in [2.75, 3.05) is 23.7 Å². The van der Waals surface area contributed by atoms with Crippen molar-refractivity contribution in [1.29, 1.82) is 0 Å². The van der Waals surface area contributed by atoms with E-state index in [0.717, 1.165) is 13.1 Å². The van der Waals surface area contributed by atoms with Crippen LogP contribution in [0.5, 0.6) is 0 Å². The van der Waals surface area contributed by atoms with Gasteiger partial charge in [0.25, 0.3) is 0 Å². The van der Waals surface area contributed by atoms with E-state index in [2.05, 4.69) is 122 Å². The Morgan fingerprint density at radius 1 is 0.553 bits per heavy atom. The van der Waals surface area contributed by atoms with Crippen LogP contribution in [0.4, 0.5) is 11.4 Å². The molecule has 0 heterocycles. The summed E-state index contributed by atoms with van der Waals surface area (Å²) >= 11 is -1.85. The van der Waals surface area contributed by atoms with E-state index in [0.29, 0.717) is 7.25 Å². The molecule has 4 aromatic carbocycles.